The quantitative estimate of drug-likeness (QED) is 0.850. The van der Waals surface area contributed by atoms with Crippen LogP contribution in [0.4, 0.5) is 0 Å². The molecule has 0 aliphatic carbocycles. The summed E-state index contributed by atoms with van der Waals surface area (Å²) in [5, 5.41) is 0.386. The van der Waals surface area contributed by atoms with Crippen LogP contribution in [0.1, 0.15) is 10.4 Å². The molecular weight excluding hydrogens is 304 g/mol. The van der Waals surface area contributed by atoms with Gasteiger partial charge in [-0.15, -0.1) is 0 Å². The second-order valence-electron chi connectivity index (χ2n) is 2.30. The first-order valence-electron chi connectivity index (χ1n) is 3.39. The second kappa shape index (κ2) is 4.15. The SMILES string of the molecule is COc1c(Cl)ccc(I)c1C(N)=O. The van der Waals surface area contributed by atoms with E-state index in [1.165, 1.54) is 7.11 Å². The van der Waals surface area contributed by atoms with Gasteiger partial charge in [0.1, 0.15) is 0 Å². The lowest BCUT2D eigenvalue weighted by Crippen LogP contribution is -2.14. The molecule has 0 radical (unpaired) electrons. The Morgan fingerprint density at radius 2 is 2.23 bits per heavy atom. The van der Waals surface area contributed by atoms with Crippen molar-refractivity contribution in [3.8, 4) is 5.75 Å². The summed E-state index contributed by atoms with van der Waals surface area (Å²) in [6, 6.07) is 3.38. The number of methoxy groups -OCH3 is 1. The summed E-state index contributed by atoms with van der Waals surface area (Å²) in [6.45, 7) is 0. The molecule has 0 bridgehead atoms. The third-order valence-electron chi connectivity index (χ3n) is 1.51. The average Bonchev–Trinajstić information content (AvgIpc) is 2.07. The number of ether oxygens (including phenoxy) is 1. The Bertz CT molecular complexity index is 354. The van der Waals surface area contributed by atoms with Crippen molar-refractivity contribution in [1.29, 1.82) is 0 Å². The van der Waals surface area contributed by atoms with Crippen molar-refractivity contribution in [2.24, 2.45) is 5.73 Å². The number of primary amides is 1. The summed E-state index contributed by atoms with van der Waals surface area (Å²) >= 11 is 7.81. The molecule has 0 spiro atoms. The number of hydrogen-bond acceptors (Lipinski definition) is 2. The summed E-state index contributed by atoms with van der Waals surface area (Å²) in [6.07, 6.45) is 0. The number of rotatable bonds is 2. The Kier molecular flexibility index (Phi) is 3.38. The van der Waals surface area contributed by atoms with E-state index in [0.29, 0.717) is 16.3 Å². The summed E-state index contributed by atoms with van der Waals surface area (Å²) in [5.74, 6) is -0.204. The first-order chi connectivity index (χ1) is 6.07. The molecule has 0 saturated heterocycles. The first-order valence-corrected chi connectivity index (χ1v) is 4.85. The van der Waals surface area contributed by atoms with Gasteiger partial charge in [-0.2, -0.15) is 0 Å². The van der Waals surface area contributed by atoms with Crippen LogP contribution < -0.4 is 10.5 Å². The number of carbonyl (C=O) groups is 1. The Labute approximate surface area is 94.3 Å². The number of amides is 1. The van der Waals surface area contributed by atoms with Crippen LogP contribution in [-0.2, 0) is 0 Å². The molecule has 1 rings (SSSR count). The normalized spacial score (nSPS) is 9.77. The molecule has 0 aliphatic heterocycles. The van der Waals surface area contributed by atoms with Gasteiger partial charge in [0.2, 0.25) is 0 Å². The van der Waals surface area contributed by atoms with Crippen LogP contribution >= 0.6 is 34.2 Å². The molecule has 3 nitrogen and oxygen atoms in total. The third-order valence-corrected chi connectivity index (χ3v) is 2.71. The maximum absolute atomic E-state index is 11.0. The van der Waals surface area contributed by atoms with Gasteiger partial charge in [0, 0.05) is 3.57 Å². The van der Waals surface area contributed by atoms with Crippen molar-refractivity contribution in [1.82, 2.24) is 0 Å². The van der Waals surface area contributed by atoms with Crippen molar-refractivity contribution in [2.75, 3.05) is 7.11 Å². The molecule has 70 valence electrons. The molecule has 0 fully saturated rings. The predicted octanol–water partition coefficient (Wildman–Crippen LogP) is 2.05. The Balaban J connectivity index is 3.43. The molecule has 0 unspecified atom stereocenters. The van der Waals surface area contributed by atoms with E-state index in [4.69, 9.17) is 22.1 Å². The maximum Gasteiger partial charge on any atom is 0.253 e. The van der Waals surface area contributed by atoms with Crippen molar-refractivity contribution >= 4 is 40.1 Å². The molecule has 13 heavy (non-hydrogen) atoms. The van der Waals surface area contributed by atoms with Gasteiger partial charge >= 0.3 is 0 Å². The van der Waals surface area contributed by atoms with Gasteiger partial charge in [-0.3, -0.25) is 4.79 Å². The lowest BCUT2D eigenvalue weighted by atomic mass is 10.2. The topological polar surface area (TPSA) is 52.3 Å². The summed E-state index contributed by atoms with van der Waals surface area (Å²) < 4.78 is 5.71. The smallest absolute Gasteiger partial charge is 0.253 e. The minimum absolute atomic E-state index is 0.329. The monoisotopic (exact) mass is 311 g/mol. The lowest BCUT2D eigenvalue weighted by molar-refractivity contribution is 0.0996. The molecule has 5 heteroatoms. The van der Waals surface area contributed by atoms with Crippen LogP contribution in [0.3, 0.4) is 0 Å². The summed E-state index contributed by atoms with van der Waals surface area (Å²) in [7, 11) is 1.45. The highest BCUT2D eigenvalue weighted by Gasteiger charge is 2.15. The molecule has 0 aliphatic rings. The highest BCUT2D eigenvalue weighted by molar-refractivity contribution is 14.1. The van der Waals surface area contributed by atoms with Crippen molar-refractivity contribution in [3.05, 3.63) is 26.3 Å². The van der Waals surface area contributed by atoms with Crippen LogP contribution in [0.5, 0.6) is 5.75 Å². The molecule has 2 N–H and O–H groups in total. The number of hydrogen-bond donors (Lipinski definition) is 1. The zero-order chi connectivity index (χ0) is 10.0. The third kappa shape index (κ3) is 2.05. The van der Waals surface area contributed by atoms with Gasteiger partial charge < -0.3 is 10.5 Å². The van der Waals surface area contributed by atoms with E-state index < -0.39 is 5.91 Å². The minimum Gasteiger partial charge on any atom is -0.494 e. The van der Waals surface area contributed by atoms with Crippen molar-refractivity contribution < 1.29 is 9.53 Å². The van der Waals surface area contributed by atoms with E-state index in [-0.39, 0.29) is 0 Å². The maximum atomic E-state index is 11.0. The number of nitrogens with two attached hydrogens (primary N) is 1. The van der Waals surface area contributed by atoms with Crippen LogP contribution in [-0.4, -0.2) is 13.0 Å². The van der Waals surface area contributed by atoms with Gasteiger partial charge in [-0.25, -0.2) is 0 Å². The van der Waals surface area contributed by atoms with Gasteiger partial charge in [0.15, 0.2) is 5.75 Å². The summed E-state index contributed by atoms with van der Waals surface area (Å²) in [4.78, 5) is 11.0. The molecule has 0 atom stereocenters. The van der Waals surface area contributed by atoms with Crippen LogP contribution in [0.2, 0.25) is 5.02 Å². The Morgan fingerprint density at radius 1 is 1.62 bits per heavy atom. The Hall–Kier alpha value is -0.490. The Morgan fingerprint density at radius 3 is 2.62 bits per heavy atom. The predicted molar refractivity (Wildman–Crippen MR) is 59.2 cm³/mol. The molecule has 1 amide bonds. The van der Waals surface area contributed by atoms with E-state index >= 15 is 0 Å². The van der Waals surface area contributed by atoms with E-state index in [0.717, 1.165) is 3.57 Å². The van der Waals surface area contributed by atoms with Gasteiger partial charge in [0.25, 0.3) is 5.91 Å². The number of halogens is 2. The van der Waals surface area contributed by atoms with Gasteiger partial charge in [0.05, 0.1) is 17.7 Å². The molecule has 1 aromatic rings. The van der Waals surface area contributed by atoms with Crippen molar-refractivity contribution in [2.45, 2.75) is 0 Å². The summed E-state index contributed by atoms with van der Waals surface area (Å²) in [5.41, 5.74) is 5.51. The largest absolute Gasteiger partial charge is 0.494 e. The molecule has 1 aromatic carbocycles. The molecule has 0 aromatic heterocycles. The zero-order valence-electron chi connectivity index (χ0n) is 6.80. The zero-order valence-corrected chi connectivity index (χ0v) is 9.72. The number of benzene rings is 1. The molecule has 0 heterocycles. The van der Waals surface area contributed by atoms with E-state index in [2.05, 4.69) is 0 Å². The highest BCUT2D eigenvalue weighted by atomic mass is 127. The van der Waals surface area contributed by atoms with E-state index in [1.807, 2.05) is 22.6 Å². The van der Waals surface area contributed by atoms with Gasteiger partial charge in [-0.1, -0.05) is 11.6 Å². The van der Waals surface area contributed by atoms with E-state index in [9.17, 15) is 4.79 Å². The molecule has 0 saturated carbocycles. The molecular formula is C8H7ClINO2. The van der Waals surface area contributed by atoms with Crippen LogP contribution in [0.25, 0.3) is 0 Å². The second-order valence-corrected chi connectivity index (χ2v) is 3.87. The van der Waals surface area contributed by atoms with Crippen molar-refractivity contribution in [3.63, 3.8) is 0 Å². The van der Waals surface area contributed by atoms with Crippen LogP contribution in [0.15, 0.2) is 12.1 Å². The first kappa shape index (κ1) is 10.6. The van der Waals surface area contributed by atoms with Gasteiger partial charge in [-0.05, 0) is 34.7 Å². The minimum atomic E-state index is -0.538. The fourth-order valence-electron chi connectivity index (χ4n) is 0.962. The fraction of sp³-hybridized carbons (Fsp3) is 0.125. The fourth-order valence-corrected chi connectivity index (χ4v) is 1.89. The number of carbonyl (C=O) groups excluding carboxylic acids is 1. The average molecular weight is 312 g/mol. The van der Waals surface area contributed by atoms with E-state index in [1.54, 1.807) is 12.1 Å². The van der Waals surface area contributed by atoms with Crippen LogP contribution in [0, 0.1) is 3.57 Å². The lowest BCUT2D eigenvalue weighted by Gasteiger charge is -2.08. The highest BCUT2D eigenvalue weighted by Crippen LogP contribution is 2.31. The standard InChI is InChI=1S/C8H7ClINO2/c1-13-7-4(9)2-3-5(10)6(7)8(11)12/h2-3H,1H3,(H2,11,12).